The van der Waals surface area contributed by atoms with Gasteiger partial charge in [0.15, 0.2) is 0 Å². The van der Waals surface area contributed by atoms with Crippen LogP contribution in [0.25, 0.3) is 0 Å². The summed E-state index contributed by atoms with van der Waals surface area (Å²) in [7, 11) is -3.92. The highest BCUT2D eigenvalue weighted by molar-refractivity contribution is 7.89. The lowest BCUT2D eigenvalue weighted by atomic mass is 9.87. The summed E-state index contributed by atoms with van der Waals surface area (Å²) in [5.74, 6) is -0.499. The van der Waals surface area contributed by atoms with Crippen LogP contribution in [0.5, 0.6) is 0 Å². The molecule has 1 amide bonds. The molecule has 3 aromatic carbocycles. The second-order valence-corrected chi connectivity index (χ2v) is 12.3. The van der Waals surface area contributed by atoms with E-state index >= 15 is 0 Å². The van der Waals surface area contributed by atoms with E-state index in [4.69, 9.17) is 0 Å². The Morgan fingerprint density at radius 2 is 1.54 bits per heavy atom. The molecule has 0 unspecified atom stereocenters. The Hall–Kier alpha value is -3.29. The average molecular weight is 520 g/mol. The van der Waals surface area contributed by atoms with Crippen molar-refractivity contribution < 1.29 is 13.2 Å². The molecule has 196 valence electrons. The Balaban J connectivity index is 1.78. The van der Waals surface area contributed by atoms with Crippen LogP contribution in [-0.4, -0.2) is 37.9 Å². The Bertz CT molecular complexity index is 1330. The number of hydrazone groups is 1. The molecule has 0 fully saturated rings. The third-order valence-electron chi connectivity index (χ3n) is 6.19. The summed E-state index contributed by atoms with van der Waals surface area (Å²) in [5.41, 5.74) is 7.91. The molecule has 3 aromatic rings. The Morgan fingerprint density at radius 1 is 0.946 bits per heavy atom. The number of aryl methyl sites for hydroxylation is 3. The van der Waals surface area contributed by atoms with E-state index in [0.29, 0.717) is 17.5 Å². The van der Waals surface area contributed by atoms with Crippen LogP contribution in [0.2, 0.25) is 0 Å². The summed E-state index contributed by atoms with van der Waals surface area (Å²) in [6.45, 7) is 11.8. The van der Waals surface area contributed by atoms with Gasteiger partial charge in [0, 0.05) is 6.54 Å². The van der Waals surface area contributed by atoms with Crippen LogP contribution in [0.4, 0.5) is 0 Å². The maximum absolute atomic E-state index is 13.8. The Kier molecular flexibility index (Phi) is 9.05. The van der Waals surface area contributed by atoms with Crippen molar-refractivity contribution in [2.45, 2.75) is 58.3 Å². The fourth-order valence-corrected chi connectivity index (χ4v) is 6.14. The van der Waals surface area contributed by atoms with Gasteiger partial charge in [-0.15, -0.1) is 0 Å². The second kappa shape index (κ2) is 11.8. The van der Waals surface area contributed by atoms with E-state index in [0.717, 1.165) is 16.7 Å². The highest BCUT2D eigenvalue weighted by Gasteiger charge is 2.29. The first-order chi connectivity index (χ1) is 17.4. The molecule has 0 radical (unpaired) electrons. The molecule has 0 aliphatic heterocycles. The smallest absolute Gasteiger partial charge is 0.255 e. The second-order valence-electron chi connectivity index (χ2n) is 10.5. The highest BCUT2D eigenvalue weighted by atomic mass is 32.2. The number of carbonyl (C=O) groups is 1. The van der Waals surface area contributed by atoms with Crippen molar-refractivity contribution >= 4 is 22.1 Å². The fraction of sp³-hybridized carbons (Fsp3) is 0.333. The number of hydrogen-bond donors (Lipinski definition) is 1. The van der Waals surface area contributed by atoms with Gasteiger partial charge in [-0.25, -0.2) is 13.8 Å². The van der Waals surface area contributed by atoms with Crippen LogP contribution >= 0.6 is 0 Å². The summed E-state index contributed by atoms with van der Waals surface area (Å²) in [4.78, 5) is 13.1. The van der Waals surface area contributed by atoms with Gasteiger partial charge in [-0.2, -0.15) is 9.41 Å². The number of hydrogen-bond acceptors (Lipinski definition) is 4. The van der Waals surface area contributed by atoms with Crippen molar-refractivity contribution in [2.24, 2.45) is 5.10 Å². The molecule has 0 aromatic heterocycles. The molecule has 0 saturated heterocycles. The summed E-state index contributed by atoms with van der Waals surface area (Å²) in [6.07, 6.45) is 2.04. The highest BCUT2D eigenvalue weighted by Crippen LogP contribution is 2.26. The number of sulfonamides is 1. The number of benzene rings is 3. The monoisotopic (exact) mass is 519 g/mol. The molecular weight excluding hydrogens is 482 g/mol. The van der Waals surface area contributed by atoms with Crippen molar-refractivity contribution in [3.05, 3.63) is 100 Å². The van der Waals surface area contributed by atoms with E-state index in [2.05, 4.69) is 31.3 Å². The van der Waals surface area contributed by atoms with E-state index in [9.17, 15) is 13.2 Å². The third-order valence-corrected chi connectivity index (χ3v) is 8.35. The first kappa shape index (κ1) is 28.3. The van der Waals surface area contributed by atoms with Gasteiger partial charge in [0.05, 0.1) is 17.7 Å². The van der Waals surface area contributed by atoms with Crippen LogP contribution in [0.1, 0.15) is 54.2 Å². The lowest BCUT2D eigenvalue weighted by Gasteiger charge is -2.24. The molecule has 0 atom stereocenters. The van der Waals surface area contributed by atoms with Gasteiger partial charge in [-0.05, 0) is 60.4 Å². The lowest BCUT2D eigenvalue weighted by Crippen LogP contribution is -2.41. The van der Waals surface area contributed by atoms with Gasteiger partial charge in [0.25, 0.3) is 5.91 Å². The fourth-order valence-electron chi connectivity index (χ4n) is 4.33. The predicted molar refractivity (Wildman–Crippen MR) is 150 cm³/mol. The first-order valence-electron chi connectivity index (χ1n) is 12.4. The zero-order valence-electron chi connectivity index (χ0n) is 22.6. The summed E-state index contributed by atoms with van der Waals surface area (Å²) in [6, 6.07) is 21.3. The third kappa shape index (κ3) is 7.60. The molecule has 6 nitrogen and oxygen atoms in total. The summed E-state index contributed by atoms with van der Waals surface area (Å²) < 4.78 is 28.8. The zero-order chi connectivity index (χ0) is 27.2. The van der Waals surface area contributed by atoms with Gasteiger partial charge in [0.1, 0.15) is 0 Å². The van der Waals surface area contributed by atoms with E-state index in [1.165, 1.54) is 9.87 Å². The van der Waals surface area contributed by atoms with Gasteiger partial charge in [-0.3, -0.25) is 4.79 Å². The zero-order valence-corrected chi connectivity index (χ0v) is 23.4. The molecule has 0 spiro atoms. The largest absolute Gasteiger partial charge is 0.272 e. The molecule has 3 rings (SSSR count). The van der Waals surface area contributed by atoms with Gasteiger partial charge < -0.3 is 0 Å². The molecule has 0 aliphatic rings. The maximum Gasteiger partial charge on any atom is 0.255 e. The Morgan fingerprint density at radius 3 is 2.11 bits per heavy atom. The Labute approximate surface area is 221 Å². The minimum absolute atomic E-state index is 0.0484. The number of rotatable bonds is 9. The lowest BCUT2D eigenvalue weighted by molar-refractivity contribution is -0.121. The number of nitrogens with one attached hydrogen (secondary N) is 1. The molecule has 0 bridgehead atoms. The molecule has 0 saturated carbocycles. The van der Waals surface area contributed by atoms with Crippen LogP contribution < -0.4 is 5.43 Å². The van der Waals surface area contributed by atoms with E-state index in [-0.39, 0.29) is 23.4 Å². The van der Waals surface area contributed by atoms with Gasteiger partial charge >= 0.3 is 0 Å². The first-order valence-corrected chi connectivity index (χ1v) is 13.9. The number of nitrogens with zero attached hydrogens (tertiary/aromatic N) is 2. The molecule has 7 heteroatoms. The van der Waals surface area contributed by atoms with Crippen molar-refractivity contribution in [2.75, 3.05) is 13.1 Å². The van der Waals surface area contributed by atoms with Crippen LogP contribution in [-0.2, 0) is 26.7 Å². The molecule has 0 aliphatic carbocycles. The van der Waals surface area contributed by atoms with Crippen molar-refractivity contribution in [1.29, 1.82) is 0 Å². The van der Waals surface area contributed by atoms with Crippen LogP contribution in [0, 0.1) is 20.8 Å². The topological polar surface area (TPSA) is 78.8 Å². The number of carbonyl (C=O) groups excluding carboxylic acids is 1. The minimum atomic E-state index is -3.92. The van der Waals surface area contributed by atoms with E-state index in [1.807, 2.05) is 73.7 Å². The van der Waals surface area contributed by atoms with Crippen molar-refractivity contribution in [3.8, 4) is 0 Å². The van der Waals surface area contributed by atoms with E-state index < -0.39 is 15.9 Å². The SMILES string of the molecule is Cc1cc(C)c(S(=O)(=O)N(CCc2ccccc2)CC(=O)N/N=C/c2ccc(C(C)(C)C)cc2)c(C)c1. The van der Waals surface area contributed by atoms with Crippen LogP contribution in [0.3, 0.4) is 0 Å². The molecule has 37 heavy (non-hydrogen) atoms. The summed E-state index contributed by atoms with van der Waals surface area (Å²) in [5, 5.41) is 4.06. The average Bonchev–Trinajstić information content (AvgIpc) is 2.81. The van der Waals surface area contributed by atoms with E-state index in [1.54, 1.807) is 20.1 Å². The number of amides is 1. The maximum atomic E-state index is 13.8. The van der Waals surface area contributed by atoms with Crippen molar-refractivity contribution in [3.63, 3.8) is 0 Å². The molecule has 1 N–H and O–H groups in total. The van der Waals surface area contributed by atoms with Crippen molar-refractivity contribution in [1.82, 2.24) is 9.73 Å². The van der Waals surface area contributed by atoms with Gasteiger partial charge in [-0.1, -0.05) is 93.1 Å². The normalized spacial score (nSPS) is 12.3. The quantitative estimate of drug-likeness (QED) is 0.308. The van der Waals surface area contributed by atoms with Crippen LogP contribution in [0.15, 0.2) is 76.7 Å². The standard InChI is InChI=1S/C30H37N3O3S/c1-22-18-23(2)29(24(3)19-22)37(35,36)33(17-16-25-10-8-7-9-11-25)21-28(34)32-31-20-26-12-14-27(15-13-26)30(4,5)6/h7-15,18-20H,16-17,21H2,1-6H3,(H,32,34)/b31-20+. The molecular formula is C30H37N3O3S. The predicted octanol–water partition coefficient (Wildman–Crippen LogP) is 5.29. The summed E-state index contributed by atoms with van der Waals surface area (Å²) >= 11 is 0. The molecule has 0 heterocycles. The minimum Gasteiger partial charge on any atom is -0.272 e. The van der Waals surface area contributed by atoms with Gasteiger partial charge in [0.2, 0.25) is 10.0 Å².